The van der Waals surface area contributed by atoms with Crippen molar-refractivity contribution in [3.05, 3.63) is 35.9 Å². The highest BCUT2D eigenvalue weighted by atomic mass is 32.2. The molecular formula is C19H31N3O3S. The number of rotatable bonds is 9. The summed E-state index contributed by atoms with van der Waals surface area (Å²) in [6.07, 6.45) is 1.64. The highest BCUT2D eigenvalue weighted by molar-refractivity contribution is 7.90. The molecule has 1 aliphatic rings. The molecule has 1 unspecified atom stereocenters. The second kappa shape index (κ2) is 10.5. The van der Waals surface area contributed by atoms with Gasteiger partial charge in [0.05, 0.1) is 18.1 Å². The SMILES string of the molecule is CCNC(=NCCCS(=O)(=O)Cc1ccccc1)N1CCC(COC)C1. The topological polar surface area (TPSA) is 71.0 Å². The van der Waals surface area contributed by atoms with Gasteiger partial charge in [0.25, 0.3) is 0 Å². The molecule has 6 nitrogen and oxygen atoms in total. The van der Waals surface area contributed by atoms with Crippen LogP contribution < -0.4 is 5.32 Å². The van der Waals surface area contributed by atoms with Gasteiger partial charge in [0.2, 0.25) is 0 Å². The molecule has 0 aromatic heterocycles. The van der Waals surface area contributed by atoms with Crippen LogP contribution in [-0.2, 0) is 20.3 Å². The van der Waals surface area contributed by atoms with Crippen LogP contribution in [0.4, 0.5) is 0 Å². The summed E-state index contributed by atoms with van der Waals surface area (Å²) in [5.41, 5.74) is 0.839. The molecule has 146 valence electrons. The lowest BCUT2D eigenvalue weighted by Gasteiger charge is -2.21. The second-order valence-electron chi connectivity index (χ2n) is 6.72. The molecule has 1 N–H and O–H groups in total. The third-order valence-corrected chi connectivity index (χ3v) is 6.11. The third-order valence-electron chi connectivity index (χ3n) is 4.43. The zero-order chi connectivity index (χ0) is 18.8. The minimum Gasteiger partial charge on any atom is -0.384 e. The lowest BCUT2D eigenvalue weighted by atomic mass is 10.1. The summed E-state index contributed by atoms with van der Waals surface area (Å²) in [7, 11) is -1.37. The number of aliphatic imine (C=N–C) groups is 1. The Labute approximate surface area is 157 Å². The Morgan fingerprint density at radius 3 is 2.81 bits per heavy atom. The van der Waals surface area contributed by atoms with Crippen LogP contribution in [0.3, 0.4) is 0 Å². The van der Waals surface area contributed by atoms with Gasteiger partial charge in [-0.3, -0.25) is 4.99 Å². The lowest BCUT2D eigenvalue weighted by Crippen LogP contribution is -2.40. The zero-order valence-corrected chi connectivity index (χ0v) is 16.7. The molecule has 0 spiro atoms. The van der Waals surface area contributed by atoms with Crippen LogP contribution in [0.15, 0.2) is 35.3 Å². The van der Waals surface area contributed by atoms with Gasteiger partial charge in [0, 0.05) is 39.2 Å². The molecule has 0 saturated carbocycles. The molecule has 0 bridgehead atoms. The summed E-state index contributed by atoms with van der Waals surface area (Å²) in [6.45, 7) is 6.03. The maximum absolute atomic E-state index is 12.3. The first-order valence-corrected chi connectivity index (χ1v) is 11.1. The minimum atomic E-state index is -3.10. The Kier molecular flexibility index (Phi) is 8.38. The average Bonchev–Trinajstić information content (AvgIpc) is 3.07. The zero-order valence-electron chi connectivity index (χ0n) is 15.9. The van der Waals surface area contributed by atoms with Crippen LogP contribution in [0.1, 0.15) is 25.3 Å². The molecule has 1 aromatic carbocycles. The fourth-order valence-electron chi connectivity index (χ4n) is 3.19. The van der Waals surface area contributed by atoms with Crippen molar-refractivity contribution in [2.24, 2.45) is 10.9 Å². The van der Waals surface area contributed by atoms with Gasteiger partial charge in [-0.2, -0.15) is 0 Å². The molecule has 1 aromatic rings. The summed E-state index contributed by atoms with van der Waals surface area (Å²) in [5, 5.41) is 3.31. The van der Waals surface area contributed by atoms with E-state index < -0.39 is 9.84 Å². The minimum absolute atomic E-state index is 0.0996. The fourth-order valence-corrected chi connectivity index (χ4v) is 4.61. The molecule has 0 amide bonds. The van der Waals surface area contributed by atoms with E-state index in [1.54, 1.807) is 7.11 Å². The highest BCUT2D eigenvalue weighted by Gasteiger charge is 2.24. The number of ether oxygens (including phenoxy) is 1. The quantitative estimate of drug-likeness (QED) is 0.402. The van der Waals surface area contributed by atoms with Crippen LogP contribution >= 0.6 is 0 Å². The Morgan fingerprint density at radius 1 is 1.35 bits per heavy atom. The van der Waals surface area contributed by atoms with E-state index in [0.717, 1.165) is 44.2 Å². The van der Waals surface area contributed by atoms with Gasteiger partial charge in [-0.15, -0.1) is 0 Å². The van der Waals surface area contributed by atoms with Gasteiger partial charge < -0.3 is 15.0 Å². The standard InChI is InChI=1S/C19H31N3O3S/c1-3-20-19(22-12-10-18(14-22)15-25-2)21-11-7-13-26(23,24)16-17-8-5-4-6-9-17/h4-6,8-9,18H,3,7,10-16H2,1-2H3,(H,20,21). The van der Waals surface area contributed by atoms with Crippen molar-refractivity contribution < 1.29 is 13.2 Å². The number of likely N-dealkylation sites (tertiary alicyclic amines) is 1. The first-order chi connectivity index (χ1) is 12.5. The molecule has 0 radical (unpaired) electrons. The van der Waals surface area contributed by atoms with Crippen molar-refractivity contribution in [3.8, 4) is 0 Å². The number of nitrogens with zero attached hydrogens (tertiary/aromatic N) is 2. The molecule has 26 heavy (non-hydrogen) atoms. The average molecular weight is 382 g/mol. The van der Waals surface area contributed by atoms with Crippen molar-refractivity contribution in [1.29, 1.82) is 0 Å². The normalized spacial score (nSPS) is 18.3. The van der Waals surface area contributed by atoms with Gasteiger partial charge in [-0.1, -0.05) is 30.3 Å². The third kappa shape index (κ3) is 6.96. The second-order valence-corrected chi connectivity index (χ2v) is 8.91. The number of hydrogen-bond donors (Lipinski definition) is 1. The van der Waals surface area contributed by atoms with E-state index in [0.29, 0.717) is 18.9 Å². The molecule has 1 aliphatic heterocycles. The van der Waals surface area contributed by atoms with Crippen LogP contribution in [0, 0.1) is 5.92 Å². The predicted molar refractivity (Wildman–Crippen MR) is 106 cm³/mol. The van der Waals surface area contributed by atoms with Crippen molar-refractivity contribution >= 4 is 15.8 Å². The molecule has 1 saturated heterocycles. The van der Waals surface area contributed by atoms with Crippen LogP contribution in [0.25, 0.3) is 0 Å². The molecule has 7 heteroatoms. The van der Waals surface area contributed by atoms with E-state index in [-0.39, 0.29) is 11.5 Å². The lowest BCUT2D eigenvalue weighted by molar-refractivity contribution is 0.157. The monoisotopic (exact) mass is 381 g/mol. The smallest absolute Gasteiger partial charge is 0.193 e. The van der Waals surface area contributed by atoms with Gasteiger partial charge >= 0.3 is 0 Å². The summed E-state index contributed by atoms with van der Waals surface area (Å²) in [6, 6.07) is 9.32. The maximum atomic E-state index is 12.3. The maximum Gasteiger partial charge on any atom is 0.193 e. The highest BCUT2D eigenvalue weighted by Crippen LogP contribution is 2.16. The van der Waals surface area contributed by atoms with Crippen LogP contribution in [0.5, 0.6) is 0 Å². The molecule has 1 fully saturated rings. The van der Waals surface area contributed by atoms with E-state index in [9.17, 15) is 8.42 Å². The number of methoxy groups -OCH3 is 1. The predicted octanol–water partition coefficient (Wildman–Crippen LogP) is 1.93. The first kappa shape index (κ1) is 20.7. The van der Waals surface area contributed by atoms with E-state index in [1.807, 2.05) is 37.3 Å². The van der Waals surface area contributed by atoms with Crippen LogP contribution in [-0.4, -0.2) is 64.9 Å². The fraction of sp³-hybridized carbons (Fsp3) is 0.632. The molecule has 1 atom stereocenters. The molecule has 1 heterocycles. The van der Waals surface area contributed by atoms with Crippen molar-refractivity contribution in [3.63, 3.8) is 0 Å². The Hall–Kier alpha value is -1.60. The van der Waals surface area contributed by atoms with Crippen molar-refractivity contribution in [2.75, 3.05) is 45.6 Å². The van der Waals surface area contributed by atoms with E-state index in [2.05, 4.69) is 15.2 Å². The summed E-state index contributed by atoms with van der Waals surface area (Å²) < 4.78 is 29.8. The molecular weight excluding hydrogens is 350 g/mol. The van der Waals surface area contributed by atoms with Crippen molar-refractivity contribution in [1.82, 2.24) is 10.2 Å². The Bertz CT molecular complexity index is 662. The van der Waals surface area contributed by atoms with Gasteiger partial charge in [-0.05, 0) is 25.3 Å². The number of sulfone groups is 1. The van der Waals surface area contributed by atoms with E-state index >= 15 is 0 Å². The number of nitrogens with one attached hydrogen (secondary N) is 1. The van der Waals surface area contributed by atoms with Gasteiger partial charge in [-0.25, -0.2) is 8.42 Å². The molecule has 0 aliphatic carbocycles. The van der Waals surface area contributed by atoms with Crippen LogP contribution in [0.2, 0.25) is 0 Å². The number of hydrogen-bond acceptors (Lipinski definition) is 4. The molecule has 2 rings (SSSR count). The first-order valence-electron chi connectivity index (χ1n) is 9.30. The van der Waals surface area contributed by atoms with Crippen molar-refractivity contribution in [2.45, 2.75) is 25.5 Å². The Balaban J connectivity index is 1.82. The summed E-state index contributed by atoms with van der Waals surface area (Å²) in [4.78, 5) is 6.87. The van der Waals surface area contributed by atoms with E-state index in [1.165, 1.54) is 0 Å². The largest absolute Gasteiger partial charge is 0.384 e. The van der Waals surface area contributed by atoms with Gasteiger partial charge in [0.15, 0.2) is 15.8 Å². The van der Waals surface area contributed by atoms with E-state index in [4.69, 9.17) is 4.74 Å². The Morgan fingerprint density at radius 2 is 2.12 bits per heavy atom. The number of benzene rings is 1. The summed E-state index contributed by atoms with van der Waals surface area (Å²) in [5.74, 6) is 1.68. The summed E-state index contributed by atoms with van der Waals surface area (Å²) >= 11 is 0. The van der Waals surface area contributed by atoms with Gasteiger partial charge in [0.1, 0.15) is 0 Å². The number of guanidine groups is 1.